The Balaban J connectivity index is 2.66. The molecule has 1 aliphatic heterocycles. The molecule has 2 rings (SSSR count). The second-order valence-electron chi connectivity index (χ2n) is 6.87. The molecule has 1 heterocycles. The molecule has 0 aliphatic carbocycles. The molecule has 112 valence electrons. The summed E-state index contributed by atoms with van der Waals surface area (Å²) >= 11 is 0. The molecular weight excluding hydrogens is 250 g/mol. The van der Waals surface area contributed by atoms with Crippen molar-refractivity contribution in [2.45, 2.75) is 51.5 Å². The van der Waals surface area contributed by atoms with Crippen LogP contribution in [0, 0.1) is 0 Å². The highest BCUT2D eigenvalue weighted by molar-refractivity contribution is 5.53. The van der Waals surface area contributed by atoms with Crippen LogP contribution in [0.1, 0.15) is 51.7 Å². The molecule has 0 saturated carbocycles. The number of benzene rings is 1. The lowest BCUT2D eigenvalue weighted by molar-refractivity contribution is 0.352. The first kappa shape index (κ1) is 15.2. The summed E-state index contributed by atoms with van der Waals surface area (Å²) in [6.45, 7) is 9.93. The second kappa shape index (κ2) is 5.28. The minimum atomic E-state index is -0.0279. The molecule has 20 heavy (non-hydrogen) atoms. The Hall–Kier alpha value is -1.22. The van der Waals surface area contributed by atoms with Gasteiger partial charge in [-0.1, -0.05) is 20.8 Å². The standard InChI is InChI=1S/C17H27NO2/c1-16(2,3)13-10-12(19-5)11-14(15(13)20-6)17(4)8-7-9-18-17/h10-11,18H,7-9H2,1-6H3. The van der Waals surface area contributed by atoms with E-state index in [2.05, 4.69) is 45.1 Å². The summed E-state index contributed by atoms with van der Waals surface area (Å²) in [7, 11) is 3.49. The molecule has 0 amide bonds. The van der Waals surface area contributed by atoms with Crippen molar-refractivity contribution in [1.29, 1.82) is 0 Å². The largest absolute Gasteiger partial charge is 0.497 e. The highest BCUT2D eigenvalue weighted by Gasteiger charge is 2.35. The summed E-state index contributed by atoms with van der Waals surface area (Å²) in [5.41, 5.74) is 2.40. The maximum absolute atomic E-state index is 5.78. The maximum Gasteiger partial charge on any atom is 0.127 e. The third-order valence-corrected chi connectivity index (χ3v) is 4.27. The molecule has 1 unspecified atom stereocenters. The first-order chi connectivity index (χ1) is 9.31. The highest BCUT2D eigenvalue weighted by atomic mass is 16.5. The molecule has 0 bridgehead atoms. The molecule has 0 spiro atoms. The molecule has 0 aromatic heterocycles. The Labute approximate surface area is 122 Å². The van der Waals surface area contributed by atoms with Crippen LogP contribution < -0.4 is 14.8 Å². The Kier molecular flexibility index (Phi) is 4.01. The van der Waals surface area contributed by atoms with E-state index in [0.717, 1.165) is 24.5 Å². The van der Waals surface area contributed by atoms with E-state index in [-0.39, 0.29) is 11.0 Å². The third-order valence-electron chi connectivity index (χ3n) is 4.27. The summed E-state index contributed by atoms with van der Waals surface area (Å²) in [5, 5.41) is 3.62. The molecule has 1 aliphatic rings. The van der Waals surface area contributed by atoms with Crippen molar-refractivity contribution in [2.24, 2.45) is 0 Å². The van der Waals surface area contributed by atoms with Crippen LogP contribution in [0.2, 0.25) is 0 Å². The predicted molar refractivity (Wildman–Crippen MR) is 82.8 cm³/mol. The Morgan fingerprint density at radius 2 is 1.85 bits per heavy atom. The van der Waals surface area contributed by atoms with Crippen molar-refractivity contribution in [3.63, 3.8) is 0 Å². The van der Waals surface area contributed by atoms with Gasteiger partial charge in [0.1, 0.15) is 11.5 Å². The minimum Gasteiger partial charge on any atom is -0.497 e. The van der Waals surface area contributed by atoms with Gasteiger partial charge in [0, 0.05) is 16.7 Å². The molecule has 1 N–H and O–H groups in total. The average molecular weight is 277 g/mol. The topological polar surface area (TPSA) is 30.5 Å². The summed E-state index contributed by atoms with van der Waals surface area (Å²) in [4.78, 5) is 0. The van der Waals surface area contributed by atoms with Gasteiger partial charge in [0.15, 0.2) is 0 Å². The van der Waals surface area contributed by atoms with Gasteiger partial charge in [0.25, 0.3) is 0 Å². The molecule has 1 aromatic rings. The fraction of sp³-hybridized carbons (Fsp3) is 0.647. The number of rotatable bonds is 3. The van der Waals surface area contributed by atoms with Gasteiger partial charge in [-0.3, -0.25) is 0 Å². The van der Waals surface area contributed by atoms with Gasteiger partial charge >= 0.3 is 0 Å². The average Bonchev–Trinajstić information content (AvgIpc) is 2.84. The number of ether oxygens (including phenoxy) is 2. The van der Waals surface area contributed by atoms with E-state index < -0.39 is 0 Å². The normalized spacial score (nSPS) is 22.9. The van der Waals surface area contributed by atoms with E-state index in [4.69, 9.17) is 9.47 Å². The zero-order valence-electron chi connectivity index (χ0n) is 13.6. The van der Waals surface area contributed by atoms with Gasteiger partial charge < -0.3 is 14.8 Å². The van der Waals surface area contributed by atoms with Crippen molar-refractivity contribution < 1.29 is 9.47 Å². The van der Waals surface area contributed by atoms with E-state index in [9.17, 15) is 0 Å². The quantitative estimate of drug-likeness (QED) is 0.915. The zero-order chi connectivity index (χ0) is 15.0. The molecule has 1 aromatic carbocycles. The second-order valence-corrected chi connectivity index (χ2v) is 6.87. The van der Waals surface area contributed by atoms with E-state index >= 15 is 0 Å². The van der Waals surface area contributed by atoms with Crippen molar-refractivity contribution >= 4 is 0 Å². The molecule has 0 radical (unpaired) electrons. The van der Waals surface area contributed by atoms with Crippen molar-refractivity contribution in [3.05, 3.63) is 23.3 Å². The molecule has 3 nitrogen and oxygen atoms in total. The van der Waals surface area contributed by atoms with Crippen LogP contribution in [0.4, 0.5) is 0 Å². The van der Waals surface area contributed by atoms with Crippen molar-refractivity contribution in [2.75, 3.05) is 20.8 Å². The SMILES string of the molecule is COc1cc(C(C)(C)C)c(OC)c(C2(C)CCCN2)c1. The fourth-order valence-electron chi connectivity index (χ4n) is 3.03. The van der Waals surface area contributed by atoms with E-state index in [1.54, 1.807) is 14.2 Å². The van der Waals surface area contributed by atoms with Crippen LogP contribution in [-0.4, -0.2) is 20.8 Å². The number of hydrogen-bond acceptors (Lipinski definition) is 3. The van der Waals surface area contributed by atoms with E-state index in [1.165, 1.54) is 17.5 Å². The summed E-state index contributed by atoms with van der Waals surface area (Å²) < 4.78 is 11.3. The van der Waals surface area contributed by atoms with Gasteiger partial charge in [-0.25, -0.2) is 0 Å². The third kappa shape index (κ3) is 2.64. The lowest BCUT2D eigenvalue weighted by Crippen LogP contribution is -2.34. The predicted octanol–water partition coefficient (Wildman–Crippen LogP) is 3.60. The number of hydrogen-bond donors (Lipinski definition) is 1. The maximum atomic E-state index is 5.78. The molecule has 1 atom stereocenters. The fourth-order valence-corrected chi connectivity index (χ4v) is 3.03. The van der Waals surface area contributed by atoms with Crippen molar-refractivity contribution in [1.82, 2.24) is 5.32 Å². The lowest BCUT2D eigenvalue weighted by Gasteiger charge is -2.31. The minimum absolute atomic E-state index is 0.0175. The molecule has 1 saturated heterocycles. The number of nitrogens with one attached hydrogen (secondary N) is 1. The number of methoxy groups -OCH3 is 2. The molecule has 3 heteroatoms. The summed E-state index contributed by atoms with van der Waals surface area (Å²) in [6.07, 6.45) is 2.32. The molecular formula is C17H27NO2. The van der Waals surface area contributed by atoms with Gasteiger partial charge in [-0.15, -0.1) is 0 Å². The van der Waals surface area contributed by atoms with E-state index in [0.29, 0.717) is 0 Å². The lowest BCUT2D eigenvalue weighted by atomic mass is 9.80. The summed E-state index contributed by atoms with van der Waals surface area (Å²) in [6, 6.07) is 4.22. The van der Waals surface area contributed by atoms with Crippen LogP contribution >= 0.6 is 0 Å². The van der Waals surface area contributed by atoms with E-state index in [1.807, 2.05) is 0 Å². The van der Waals surface area contributed by atoms with Gasteiger partial charge in [-0.05, 0) is 43.9 Å². The van der Waals surface area contributed by atoms with Crippen LogP contribution in [-0.2, 0) is 11.0 Å². The van der Waals surface area contributed by atoms with Gasteiger partial charge in [0.2, 0.25) is 0 Å². The highest BCUT2D eigenvalue weighted by Crippen LogP contribution is 2.44. The van der Waals surface area contributed by atoms with Crippen LogP contribution in [0.15, 0.2) is 12.1 Å². The first-order valence-corrected chi connectivity index (χ1v) is 7.34. The van der Waals surface area contributed by atoms with Gasteiger partial charge in [0.05, 0.1) is 14.2 Å². The molecule has 1 fully saturated rings. The Morgan fingerprint density at radius 1 is 1.15 bits per heavy atom. The van der Waals surface area contributed by atoms with Crippen LogP contribution in [0.5, 0.6) is 11.5 Å². The van der Waals surface area contributed by atoms with Crippen molar-refractivity contribution in [3.8, 4) is 11.5 Å². The van der Waals surface area contributed by atoms with Crippen LogP contribution in [0.3, 0.4) is 0 Å². The Bertz CT molecular complexity index is 482. The van der Waals surface area contributed by atoms with Crippen LogP contribution in [0.25, 0.3) is 0 Å². The smallest absolute Gasteiger partial charge is 0.127 e. The monoisotopic (exact) mass is 277 g/mol. The Morgan fingerprint density at radius 3 is 2.30 bits per heavy atom. The zero-order valence-corrected chi connectivity index (χ0v) is 13.6. The first-order valence-electron chi connectivity index (χ1n) is 7.34. The summed E-state index contributed by atoms with van der Waals surface area (Å²) in [5.74, 6) is 1.90. The van der Waals surface area contributed by atoms with Gasteiger partial charge in [-0.2, -0.15) is 0 Å².